The Balaban J connectivity index is 1.87. The minimum atomic E-state index is -0.585. The van der Waals surface area contributed by atoms with Crippen molar-refractivity contribution in [3.63, 3.8) is 0 Å². The number of carbonyl (C=O) groups is 1. The zero-order valence-corrected chi connectivity index (χ0v) is 14.1. The number of rotatable bonds is 1. The lowest BCUT2D eigenvalue weighted by Gasteiger charge is -2.47. The van der Waals surface area contributed by atoms with Gasteiger partial charge in [0.1, 0.15) is 18.1 Å². The zero-order valence-electron chi connectivity index (χ0n) is 14.1. The number of pyridine rings is 1. The van der Waals surface area contributed by atoms with Crippen molar-refractivity contribution in [1.82, 2.24) is 9.88 Å². The van der Waals surface area contributed by atoms with E-state index in [2.05, 4.69) is 9.88 Å². The molecule has 2 aliphatic rings. The van der Waals surface area contributed by atoms with Crippen LogP contribution in [-0.4, -0.2) is 52.9 Å². The third kappa shape index (κ3) is 2.86. The lowest BCUT2D eigenvalue weighted by Crippen LogP contribution is -2.65. The first-order chi connectivity index (χ1) is 10.8. The molecule has 2 aliphatic heterocycles. The van der Waals surface area contributed by atoms with Crippen LogP contribution < -0.4 is 4.90 Å². The molecule has 3 heterocycles. The molecule has 3 rings (SSSR count). The predicted octanol–water partition coefficient (Wildman–Crippen LogP) is 2.79. The Bertz CT molecular complexity index is 602. The van der Waals surface area contributed by atoms with Crippen LogP contribution in [0.1, 0.15) is 33.3 Å². The Morgan fingerprint density at radius 2 is 2.22 bits per heavy atom. The van der Waals surface area contributed by atoms with Crippen LogP contribution in [0, 0.1) is 0 Å². The van der Waals surface area contributed by atoms with Crippen molar-refractivity contribution in [3.8, 4) is 0 Å². The lowest BCUT2D eigenvalue weighted by atomic mass is 9.98. The van der Waals surface area contributed by atoms with Gasteiger partial charge >= 0.3 is 6.09 Å². The van der Waals surface area contributed by atoms with E-state index in [-0.39, 0.29) is 12.1 Å². The Morgan fingerprint density at radius 3 is 2.87 bits per heavy atom. The monoisotopic (exact) mass is 321 g/mol. The van der Waals surface area contributed by atoms with Crippen molar-refractivity contribution in [1.29, 1.82) is 0 Å². The molecule has 1 fully saturated rings. The maximum atomic E-state index is 13.8. The third-order valence-electron chi connectivity index (χ3n) is 4.46. The fourth-order valence-electron chi connectivity index (χ4n) is 3.59. The zero-order chi connectivity index (χ0) is 16.8. The molecule has 1 amide bonds. The van der Waals surface area contributed by atoms with Crippen LogP contribution in [-0.2, 0) is 11.2 Å². The summed E-state index contributed by atoms with van der Waals surface area (Å²) < 4.78 is 19.3. The summed E-state index contributed by atoms with van der Waals surface area (Å²) in [5, 5.41) is 0. The third-order valence-corrected chi connectivity index (χ3v) is 4.46. The highest BCUT2D eigenvalue weighted by Gasteiger charge is 2.47. The van der Waals surface area contributed by atoms with Crippen LogP contribution in [0.3, 0.4) is 0 Å². The van der Waals surface area contributed by atoms with E-state index in [1.807, 2.05) is 39.8 Å². The van der Waals surface area contributed by atoms with Gasteiger partial charge < -0.3 is 9.64 Å². The van der Waals surface area contributed by atoms with Gasteiger partial charge in [-0.05, 0) is 45.7 Å². The average molecular weight is 321 g/mol. The molecule has 5 nitrogen and oxygen atoms in total. The second kappa shape index (κ2) is 5.65. The van der Waals surface area contributed by atoms with E-state index in [0.717, 1.165) is 11.4 Å². The second-order valence-electron chi connectivity index (χ2n) is 7.37. The molecule has 0 spiro atoms. The first-order valence-electron chi connectivity index (χ1n) is 8.09. The van der Waals surface area contributed by atoms with E-state index < -0.39 is 24.4 Å². The molecular weight excluding hydrogens is 297 g/mol. The van der Waals surface area contributed by atoms with Crippen molar-refractivity contribution >= 4 is 11.9 Å². The van der Waals surface area contributed by atoms with E-state index in [1.165, 1.54) is 0 Å². The van der Waals surface area contributed by atoms with E-state index in [9.17, 15) is 9.18 Å². The van der Waals surface area contributed by atoms with Crippen molar-refractivity contribution in [2.75, 3.05) is 18.1 Å². The van der Waals surface area contributed by atoms with Crippen LogP contribution in [0.25, 0.3) is 0 Å². The van der Waals surface area contributed by atoms with Crippen LogP contribution in [0.4, 0.5) is 15.0 Å². The fourth-order valence-corrected chi connectivity index (χ4v) is 3.59. The minimum Gasteiger partial charge on any atom is -0.444 e. The van der Waals surface area contributed by atoms with Crippen molar-refractivity contribution < 1.29 is 13.9 Å². The molecule has 1 aromatic heterocycles. The molecule has 0 bridgehead atoms. The Labute approximate surface area is 136 Å². The first-order valence-corrected chi connectivity index (χ1v) is 8.09. The number of hydrogen-bond acceptors (Lipinski definition) is 4. The molecule has 1 aromatic rings. The van der Waals surface area contributed by atoms with E-state index >= 15 is 0 Å². The SMILES string of the molecule is CC1CN(C(=O)OC(C)(C)C)C(CF)C2Cc3cccnc3N12. The van der Waals surface area contributed by atoms with Gasteiger partial charge in [-0.15, -0.1) is 0 Å². The van der Waals surface area contributed by atoms with Gasteiger partial charge in [-0.25, -0.2) is 14.2 Å². The van der Waals surface area contributed by atoms with Crippen LogP contribution in [0.2, 0.25) is 0 Å². The van der Waals surface area contributed by atoms with Gasteiger partial charge in [0.05, 0.1) is 12.1 Å². The van der Waals surface area contributed by atoms with Crippen molar-refractivity contribution in [2.24, 2.45) is 0 Å². The highest BCUT2D eigenvalue weighted by molar-refractivity contribution is 5.70. The van der Waals surface area contributed by atoms with Gasteiger partial charge in [0.2, 0.25) is 0 Å². The quantitative estimate of drug-likeness (QED) is 0.798. The van der Waals surface area contributed by atoms with E-state index in [4.69, 9.17) is 4.74 Å². The number of ether oxygens (including phenoxy) is 1. The number of nitrogens with zero attached hydrogens (tertiary/aromatic N) is 3. The van der Waals surface area contributed by atoms with E-state index in [1.54, 1.807) is 11.1 Å². The molecule has 0 aromatic carbocycles. The van der Waals surface area contributed by atoms with Crippen LogP contribution in [0.15, 0.2) is 18.3 Å². The Kier molecular flexibility index (Phi) is 3.94. The van der Waals surface area contributed by atoms with Crippen LogP contribution in [0.5, 0.6) is 0 Å². The first kappa shape index (κ1) is 16.0. The van der Waals surface area contributed by atoms with Gasteiger partial charge in [0.25, 0.3) is 0 Å². The molecule has 0 aliphatic carbocycles. The summed E-state index contributed by atoms with van der Waals surface area (Å²) in [6.45, 7) is 7.37. The fraction of sp³-hybridized carbons (Fsp3) is 0.647. The summed E-state index contributed by atoms with van der Waals surface area (Å²) in [4.78, 5) is 20.7. The van der Waals surface area contributed by atoms with Gasteiger partial charge in [-0.1, -0.05) is 6.07 Å². The van der Waals surface area contributed by atoms with E-state index in [0.29, 0.717) is 13.0 Å². The summed E-state index contributed by atoms with van der Waals surface area (Å²) >= 11 is 0. The Hall–Kier alpha value is -1.85. The lowest BCUT2D eigenvalue weighted by molar-refractivity contribution is 0.00228. The topological polar surface area (TPSA) is 45.7 Å². The molecule has 3 atom stereocenters. The number of amides is 1. The summed E-state index contributed by atoms with van der Waals surface area (Å²) in [7, 11) is 0. The van der Waals surface area contributed by atoms with Gasteiger partial charge in [0.15, 0.2) is 0 Å². The number of alkyl halides is 1. The number of aromatic nitrogens is 1. The predicted molar refractivity (Wildman–Crippen MR) is 86.4 cm³/mol. The standard InChI is InChI=1S/C17H24FN3O2/c1-11-10-20(16(22)23-17(2,3)4)14(9-18)13-8-12-6-5-7-19-15(12)21(11)13/h5-7,11,13-14H,8-10H2,1-4H3. The Morgan fingerprint density at radius 1 is 1.48 bits per heavy atom. The highest BCUT2D eigenvalue weighted by atomic mass is 19.1. The van der Waals surface area contributed by atoms with Crippen LogP contribution >= 0.6 is 0 Å². The molecule has 6 heteroatoms. The normalized spacial score (nSPS) is 26.7. The molecular formula is C17H24FN3O2. The summed E-state index contributed by atoms with van der Waals surface area (Å²) in [6.07, 6.45) is 2.04. The molecule has 3 unspecified atom stereocenters. The molecule has 0 N–H and O–H groups in total. The average Bonchev–Trinajstić information content (AvgIpc) is 2.85. The highest BCUT2D eigenvalue weighted by Crippen LogP contribution is 2.38. The number of halogens is 1. The maximum absolute atomic E-state index is 13.8. The van der Waals surface area contributed by atoms with Crippen molar-refractivity contribution in [3.05, 3.63) is 23.9 Å². The molecule has 0 saturated carbocycles. The number of hydrogen-bond donors (Lipinski definition) is 0. The van der Waals surface area contributed by atoms with Gasteiger partial charge in [0, 0.05) is 18.8 Å². The largest absolute Gasteiger partial charge is 0.444 e. The minimum absolute atomic E-state index is 0.0754. The smallest absolute Gasteiger partial charge is 0.410 e. The summed E-state index contributed by atoms with van der Waals surface area (Å²) in [6, 6.07) is 3.42. The summed E-state index contributed by atoms with van der Waals surface area (Å²) in [5.41, 5.74) is 0.534. The second-order valence-corrected chi connectivity index (χ2v) is 7.37. The summed E-state index contributed by atoms with van der Waals surface area (Å²) in [5.74, 6) is 0.923. The molecule has 126 valence electrons. The maximum Gasteiger partial charge on any atom is 0.410 e. The van der Waals surface area contributed by atoms with Crippen molar-refractivity contribution in [2.45, 2.75) is 57.8 Å². The molecule has 0 radical (unpaired) electrons. The number of fused-ring (bicyclic) bond motifs is 3. The molecule has 1 saturated heterocycles. The molecule has 23 heavy (non-hydrogen) atoms. The number of carbonyl (C=O) groups excluding carboxylic acids is 1. The number of piperazine rings is 1. The van der Waals surface area contributed by atoms with Gasteiger partial charge in [-0.3, -0.25) is 4.90 Å². The number of anilines is 1. The van der Waals surface area contributed by atoms with Gasteiger partial charge in [-0.2, -0.15) is 0 Å².